The number of carboxylic acid groups (broad SMARTS) is 1. The van der Waals surface area contributed by atoms with Gasteiger partial charge in [-0.15, -0.1) is 11.6 Å². The second-order valence-corrected chi connectivity index (χ2v) is 8.32. The van der Waals surface area contributed by atoms with Crippen molar-refractivity contribution in [3.05, 3.63) is 45.0 Å². The van der Waals surface area contributed by atoms with E-state index in [9.17, 15) is 14.7 Å². The van der Waals surface area contributed by atoms with Crippen molar-refractivity contribution in [1.82, 2.24) is 9.97 Å². The number of H-pyrrole nitrogens is 2. The van der Waals surface area contributed by atoms with Gasteiger partial charge in [-0.25, -0.2) is 9.59 Å². The Kier molecular flexibility index (Phi) is 6.65. The van der Waals surface area contributed by atoms with Crippen LogP contribution in [0.1, 0.15) is 82.3 Å². The smallest absolute Gasteiger partial charge is 0.355 e. The van der Waals surface area contributed by atoms with E-state index in [1.807, 2.05) is 34.6 Å². The first-order valence-corrected chi connectivity index (χ1v) is 9.96. The van der Waals surface area contributed by atoms with Crippen LogP contribution in [0.5, 0.6) is 0 Å². The number of carboxylic acids is 1. The Bertz CT molecular complexity index is 887. The van der Waals surface area contributed by atoms with Gasteiger partial charge in [-0.1, -0.05) is 6.92 Å². The first-order chi connectivity index (χ1) is 13.0. The molecule has 2 aromatic heterocycles. The molecule has 0 aliphatic heterocycles. The number of ether oxygens (including phenoxy) is 1. The monoisotopic (exact) mass is 408 g/mol. The molecule has 2 aromatic rings. The zero-order chi connectivity index (χ0) is 21.2. The summed E-state index contributed by atoms with van der Waals surface area (Å²) in [5.74, 6) is -0.974. The van der Waals surface area contributed by atoms with Crippen LogP contribution in [0, 0.1) is 13.8 Å². The number of nitrogens with one attached hydrogen (secondary N) is 2. The summed E-state index contributed by atoms with van der Waals surface area (Å²) >= 11 is 5.93. The molecule has 154 valence electrons. The summed E-state index contributed by atoms with van der Waals surface area (Å²) in [6, 6.07) is 0. The highest BCUT2D eigenvalue weighted by Crippen LogP contribution is 2.27. The summed E-state index contributed by atoms with van der Waals surface area (Å²) in [4.78, 5) is 30.4. The Morgan fingerprint density at radius 3 is 2.14 bits per heavy atom. The lowest BCUT2D eigenvalue weighted by Gasteiger charge is -2.19. The van der Waals surface area contributed by atoms with Crippen molar-refractivity contribution >= 4 is 23.5 Å². The fraction of sp³-hybridized carbons (Fsp3) is 0.524. The molecule has 0 unspecified atom stereocenters. The summed E-state index contributed by atoms with van der Waals surface area (Å²) in [6.45, 7) is 11.3. The van der Waals surface area contributed by atoms with Crippen LogP contribution in [0.2, 0.25) is 0 Å². The molecule has 0 atom stereocenters. The summed E-state index contributed by atoms with van der Waals surface area (Å²) in [6.07, 6.45) is 1.73. The van der Waals surface area contributed by atoms with Gasteiger partial charge in [0.15, 0.2) is 0 Å². The fourth-order valence-corrected chi connectivity index (χ4v) is 3.67. The summed E-state index contributed by atoms with van der Waals surface area (Å²) < 4.78 is 5.53. The maximum absolute atomic E-state index is 12.6. The molecule has 6 nitrogen and oxygen atoms in total. The maximum atomic E-state index is 12.6. The van der Waals surface area contributed by atoms with Gasteiger partial charge in [0, 0.05) is 23.7 Å². The number of aromatic amines is 2. The molecule has 3 N–H and O–H groups in total. The number of aromatic nitrogens is 2. The summed E-state index contributed by atoms with van der Waals surface area (Å²) in [5, 5.41) is 9.43. The number of hydrogen-bond acceptors (Lipinski definition) is 3. The van der Waals surface area contributed by atoms with Gasteiger partial charge in [-0.2, -0.15) is 0 Å². The van der Waals surface area contributed by atoms with Crippen molar-refractivity contribution in [3.63, 3.8) is 0 Å². The zero-order valence-corrected chi connectivity index (χ0v) is 18.1. The first-order valence-electron chi connectivity index (χ1n) is 9.43. The molecule has 0 saturated carbocycles. The minimum absolute atomic E-state index is 0.183. The van der Waals surface area contributed by atoms with Gasteiger partial charge in [-0.05, 0) is 69.7 Å². The molecule has 0 aromatic carbocycles. The highest BCUT2D eigenvalue weighted by Gasteiger charge is 2.25. The lowest BCUT2D eigenvalue weighted by molar-refractivity contribution is 0.00620. The Hall–Kier alpha value is -2.21. The number of esters is 1. The summed E-state index contributed by atoms with van der Waals surface area (Å²) in [7, 11) is 0. The lowest BCUT2D eigenvalue weighted by atomic mass is 10.0. The van der Waals surface area contributed by atoms with Crippen molar-refractivity contribution in [2.24, 2.45) is 0 Å². The standard InChI is InChI=1S/C21H29ClN2O4/c1-7-13-11(2)15(23-18(13)20(27)28-21(4,5)6)10-16-14(8-9-22)12(3)17(24-16)19(25)26/h23-24H,7-10H2,1-6H3,(H,25,26). The van der Waals surface area contributed by atoms with Gasteiger partial charge in [-0.3, -0.25) is 0 Å². The van der Waals surface area contributed by atoms with Gasteiger partial charge in [0.1, 0.15) is 17.0 Å². The minimum atomic E-state index is -0.994. The average Bonchev–Trinajstić information content (AvgIpc) is 3.05. The molecule has 0 amide bonds. The van der Waals surface area contributed by atoms with Crippen LogP contribution >= 0.6 is 11.6 Å². The highest BCUT2D eigenvalue weighted by atomic mass is 35.5. The van der Waals surface area contributed by atoms with Crippen LogP contribution in [0.15, 0.2) is 0 Å². The number of alkyl halides is 1. The lowest BCUT2D eigenvalue weighted by Crippen LogP contribution is -2.24. The molecular formula is C21H29ClN2O4. The SMILES string of the molecule is CCc1c(C(=O)OC(C)(C)C)[nH]c(Cc2[nH]c(C(=O)O)c(C)c2CCCl)c1C. The van der Waals surface area contributed by atoms with E-state index in [-0.39, 0.29) is 11.7 Å². The van der Waals surface area contributed by atoms with Crippen LogP contribution in [0.4, 0.5) is 0 Å². The van der Waals surface area contributed by atoms with Crippen molar-refractivity contribution < 1.29 is 19.4 Å². The third-order valence-electron chi connectivity index (χ3n) is 4.82. The maximum Gasteiger partial charge on any atom is 0.355 e. The second-order valence-electron chi connectivity index (χ2n) is 7.94. The topological polar surface area (TPSA) is 95.2 Å². The Morgan fingerprint density at radius 1 is 1.04 bits per heavy atom. The highest BCUT2D eigenvalue weighted by molar-refractivity contribution is 6.18. The average molecular weight is 409 g/mol. The predicted octanol–water partition coefficient (Wildman–Crippen LogP) is 4.55. The molecule has 0 aliphatic rings. The number of carbonyl (C=O) groups is 2. The van der Waals surface area contributed by atoms with Crippen molar-refractivity contribution in [2.45, 2.75) is 66.4 Å². The Labute approximate surface area is 170 Å². The number of hydrogen-bond donors (Lipinski definition) is 3. The van der Waals surface area contributed by atoms with E-state index in [0.717, 1.165) is 28.1 Å². The third kappa shape index (κ3) is 4.61. The number of rotatable bonds is 7. The van der Waals surface area contributed by atoms with E-state index in [1.165, 1.54) is 0 Å². The summed E-state index contributed by atoms with van der Waals surface area (Å²) in [5.41, 5.74) is 5.27. The van der Waals surface area contributed by atoms with Crippen LogP contribution < -0.4 is 0 Å². The van der Waals surface area contributed by atoms with E-state index in [4.69, 9.17) is 16.3 Å². The molecule has 0 spiro atoms. The number of halogens is 1. The van der Waals surface area contributed by atoms with Crippen LogP contribution in [0.25, 0.3) is 0 Å². The van der Waals surface area contributed by atoms with Gasteiger partial charge in [0.2, 0.25) is 0 Å². The Morgan fingerprint density at radius 2 is 1.64 bits per heavy atom. The van der Waals surface area contributed by atoms with E-state index < -0.39 is 11.6 Å². The number of aromatic carboxylic acids is 1. The molecule has 0 radical (unpaired) electrons. The molecular weight excluding hydrogens is 380 g/mol. The second kappa shape index (κ2) is 8.43. The normalized spacial score (nSPS) is 11.7. The molecule has 2 heterocycles. The molecule has 7 heteroatoms. The predicted molar refractivity (Wildman–Crippen MR) is 110 cm³/mol. The molecule has 0 fully saturated rings. The van der Waals surface area contributed by atoms with Crippen LogP contribution in [-0.4, -0.2) is 38.5 Å². The first kappa shape index (κ1) is 22.1. The molecule has 28 heavy (non-hydrogen) atoms. The van der Waals surface area contributed by atoms with E-state index in [1.54, 1.807) is 6.92 Å². The molecule has 0 aliphatic carbocycles. The van der Waals surface area contributed by atoms with Crippen molar-refractivity contribution in [2.75, 3.05) is 5.88 Å². The quantitative estimate of drug-likeness (QED) is 0.462. The van der Waals surface area contributed by atoms with E-state index in [2.05, 4.69) is 9.97 Å². The van der Waals surface area contributed by atoms with Crippen molar-refractivity contribution in [1.29, 1.82) is 0 Å². The van der Waals surface area contributed by atoms with Gasteiger partial charge in [0.25, 0.3) is 0 Å². The largest absolute Gasteiger partial charge is 0.477 e. The zero-order valence-electron chi connectivity index (χ0n) is 17.4. The van der Waals surface area contributed by atoms with Crippen LogP contribution in [-0.2, 0) is 24.0 Å². The molecule has 2 rings (SSSR count). The van der Waals surface area contributed by atoms with Crippen molar-refractivity contribution in [3.8, 4) is 0 Å². The molecule has 0 saturated heterocycles. The van der Waals surface area contributed by atoms with Gasteiger partial charge < -0.3 is 19.8 Å². The third-order valence-corrected chi connectivity index (χ3v) is 5.01. The number of carbonyl (C=O) groups excluding carboxylic acids is 1. The molecule has 0 bridgehead atoms. The van der Waals surface area contributed by atoms with Gasteiger partial charge in [0.05, 0.1) is 0 Å². The van der Waals surface area contributed by atoms with E-state index >= 15 is 0 Å². The van der Waals surface area contributed by atoms with Gasteiger partial charge >= 0.3 is 11.9 Å². The Balaban J connectivity index is 2.46. The van der Waals surface area contributed by atoms with E-state index in [0.29, 0.717) is 36.4 Å². The van der Waals surface area contributed by atoms with Crippen LogP contribution in [0.3, 0.4) is 0 Å². The minimum Gasteiger partial charge on any atom is -0.477 e. The fourth-order valence-electron chi connectivity index (χ4n) is 3.48.